The van der Waals surface area contributed by atoms with Crippen LogP contribution in [0.25, 0.3) is 0 Å². The first-order valence-electron chi connectivity index (χ1n) is 8.32. The molecule has 2 aliphatic rings. The number of rotatable bonds is 4. The zero-order chi connectivity index (χ0) is 16.9. The molecule has 130 valence electrons. The van der Waals surface area contributed by atoms with Crippen LogP contribution in [0.3, 0.4) is 0 Å². The van der Waals surface area contributed by atoms with Crippen molar-refractivity contribution < 1.29 is 8.42 Å². The van der Waals surface area contributed by atoms with Crippen molar-refractivity contribution in [3.8, 4) is 0 Å². The zero-order valence-corrected chi connectivity index (χ0v) is 15.5. The molecule has 0 spiro atoms. The SMILES string of the molecule is Cc1n[nH]c(C)c1S(=O)(=O)N1CCC(c2nnc(C3CC3)s2)CC1. The maximum Gasteiger partial charge on any atom is 0.246 e. The van der Waals surface area contributed by atoms with E-state index in [0.717, 1.165) is 22.9 Å². The van der Waals surface area contributed by atoms with Gasteiger partial charge in [0.25, 0.3) is 0 Å². The van der Waals surface area contributed by atoms with Crippen LogP contribution in [0, 0.1) is 13.8 Å². The van der Waals surface area contributed by atoms with Gasteiger partial charge in [0.15, 0.2) is 0 Å². The highest BCUT2D eigenvalue weighted by Gasteiger charge is 2.35. The summed E-state index contributed by atoms with van der Waals surface area (Å²) in [5.74, 6) is 0.955. The van der Waals surface area contributed by atoms with Crippen LogP contribution in [0.2, 0.25) is 0 Å². The molecule has 9 heteroatoms. The van der Waals surface area contributed by atoms with E-state index in [-0.39, 0.29) is 0 Å². The molecule has 1 aliphatic heterocycles. The van der Waals surface area contributed by atoms with E-state index in [0.29, 0.717) is 41.2 Å². The summed E-state index contributed by atoms with van der Waals surface area (Å²) in [7, 11) is -3.48. The number of piperidine rings is 1. The molecule has 1 N–H and O–H groups in total. The van der Waals surface area contributed by atoms with E-state index < -0.39 is 10.0 Å². The van der Waals surface area contributed by atoms with Gasteiger partial charge in [-0.2, -0.15) is 9.40 Å². The summed E-state index contributed by atoms with van der Waals surface area (Å²) in [6, 6.07) is 0. The summed E-state index contributed by atoms with van der Waals surface area (Å²) >= 11 is 1.72. The summed E-state index contributed by atoms with van der Waals surface area (Å²) in [5.41, 5.74) is 1.14. The fourth-order valence-electron chi connectivity index (χ4n) is 3.30. The predicted molar refractivity (Wildman–Crippen MR) is 90.7 cm³/mol. The molecule has 2 aromatic heterocycles. The summed E-state index contributed by atoms with van der Waals surface area (Å²) in [4.78, 5) is 0.327. The monoisotopic (exact) mass is 367 g/mol. The first kappa shape index (κ1) is 16.2. The second-order valence-electron chi connectivity index (χ2n) is 6.69. The minimum atomic E-state index is -3.48. The van der Waals surface area contributed by atoms with Crippen molar-refractivity contribution >= 4 is 21.4 Å². The third kappa shape index (κ3) is 2.78. The summed E-state index contributed by atoms with van der Waals surface area (Å²) in [5, 5.41) is 17.7. The van der Waals surface area contributed by atoms with Gasteiger partial charge in [-0.25, -0.2) is 8.42 Å². The normalized spacial score (nSPS) is 20.6. The van der Waals surface area contributed by atoms with Crippen molar-refractivity contribution in [1.29, 1.82) is 0 Å². The summed E-state index contributed by atoms with van der Waals surface area (Å²) < 4.78 is 27.3. The van der Waals surface area contributed by atoms with Crippen molar-refractivity contribution in [2.24, 2.45) is 0 Å². The maximum absolute atomic E-state index is 12.9. The zero-order valence-electron chi connectivity index (χ0n) is 13.8. The molecule has 0 amide bonds. The lowest BCUT2D eigenvalue weighted by Crippen LogP contribution is -2.38. The van der Waals surface area contributed by atoms with Crippen molar-refractivity contribution in [3.05, 3.63) is 21.4 Å². The molecule has 1 aliphatic carbocycles. The number of nitrogens with zero attached hydrogens (tertiary/aromatic N) is 4. The molecular formula is C15H21N5O2S2. The number of hydrogen-bond donors (Lipinski definition) is 1. The number of hydrogen-bond acceptors (Lipinski definition) is 6. The van der Waals surface area contributed by atoms with Gasteiger partial charge in [-0.05, 0) is 39.5 Å². The molecule has 24 heavy (non-hydrogen) atoms. The molecule has 1 saturated heterocycles. The van der Waals surface area contributed by atoms with Gasteiger partial charge in [0.1, 0.15) is 14.9 Å². The standard InChI is InChI=1S/C15H21N5O2S2/c1-9-13(10(2)17-16-9)24(21,22)20-7-5-12(6-8-20)15-19-18-14(23-15)11-3-4-11/h11-12H,3-8H2,1-2H3,(H,16,17). The topological polar surface area (TPSA) is 91.8 Å². The second kappa shape index (κ2) is 5.89. The van der Waals surface area contributed by atoms with Crippen molar-refractivity contribution in [2.45, 2.75) is 56.3 Å². The van der Waals surface area contributed by atoms with Gasteiger partial charge >= 0.3 is 0 Å². The van der Waals surface area contributed by atoms with Gasteiger partial charge < -0.3 is 0 Å². The van der Waals surface area contributed by atoms with Crippen LogP contribution in [0.4, 0.5) is 0 Å². The Morgan fingerprint density at radius 3 is 2.12 bits per heavy atom. The van der Waals surface area contributed by atoms with E-state index in [4.69, 9.17) is 0 Å². The molecule has 0 atom stereocenters. The first-order chi connectivity index (χ1) is 11.5. The lowest BCUT2D eigenvalue weighted by atomic mass is 9.99. The molecule has 2 aromatic rings. The Balaban J connectivity index is 1.47. The summed E-state index contributed by atoms with van der Waals surface area (Å²) in [6.45, 7) is 4.52. The van der Waals surface area contributed by atoms with Gasteiger partial charge in [-0.1, -0.05) is 0 Å². The minimum absolute atomic E-state index is 0.327. The molecule has 2 fully saturated rings. The van der Waals surface area contributed by atoms with Crippen molar-refractivity contribution in [1.82, 2.24) is 24.7 Å². The lowest BCUT2D eigenvalue weighted by molar-refractivity contribution is 0.318. The van der Waals surface area contributed by atoms with Gasteiger partial charge in [0.05, 0.1) is 11.4 Å². The Hall–Kier alpha value is -1.32. The molecule has 0 unspecified atom stereocenters. The minimum Gasteiger partial charge on any atom is -0.281 e. The highest BCUT2D eigenvalue weighted by atomic mass is 32.2. The van der Waals surface area contributed by atoms with Crippen LogP contribution in [0.5, 0.6) is 0 Å². The average Bonchev–Trinajstić information content (AvgIpc) is 3.19. The maximum atomic E-state index is 12.9. The molecule has 0 bridgehead atoms. The highest BCUT2D eigenvalue weighted by molar-refractivity contribution is 7.89. The number of H-pyrrole nitrogens is 1. The Kier molecular flexibility index (Phi) is 3.97. The first-order valence-corrected chi connectivity index (χ1v) is 10.6. The van der Waals surface area contributed by atoms with Crippen molar-refractivity contribution in [2.75, 3.05) is 13.1 Å². The second-order valence-corrected chi connectivity index (χ2v) is 9.61. The van der Waals surface area contributed by atoms with E-state index in [1.165, 1.54) is 12.8 Å². The van der Waals surface area contributed by atoms with Crippen LogP contribution in [0.15, 0.2) is 4.90 Å². The number of nitrogens with one attached hydrogen (secondary N) is 1. The molecule has 0 radical (unpaired) electrons. The lowest BCUT2D eigenvalue weighted by Gasteiger charge is -2.30. The van der Waals surface area contributed by atoms with Gasteiger partial charge in [0.2, 0.25) is 10.0 Å². The Bertz CT molecular complexity index is 826. The number of aromatic nitrogens is 4. The molecule has 4 rings (SSSR count). The number of aromatic amines is 1. The number of sulfonamides is 1. The van der Waals surface area contributed by atoms with Crippen molar-refractivity contribution in [3.63, 3.8) is 0 Å². The third-order valence-electron chi connectivity index (χ3n) is 4.84. The fraction of sp³-hybridized carbons (Fsp3) is 0.667. The number of aryl methyl sites for hydroxylation is 2. The summed E-state index contributed by atoms with van der Waals surface area (Å²) in [6.07, 6.45) is 4.06. The molecule has 1 saturated carbocycles. The molecular weight excluding hydrogens is 346 g/mol. The van der Waals surface area contributed by atoms with Crippen LogP contribution in [0.1, 0.15) is 58.9 Å². The largest absolute Gasteiger partial charge is 0.281 e. The van der Waals surface area contributed by atoms with Gasteiger partial charge in [-0.15, -0.1) is 21.5 Å². The highest BCUT2D eigenvalue weighted by Crippen LogP contribution is 2.43. The van der Waals surface area contributed by atoms with Crippen LogP contribution < -0.4 is 0 Å². The van der Waals surface area contributed by atoms with Crippen LogP contribution >= 0.6 is 11.3 Å². The van der Waals surface area contributed by atoms with Crippen LogP contribution in [-0.4, -0.2) is 46.2 Å². The van der Waals surface area contributed by atoms with Gasteiger partial charge in [0, 0.05) is 24.9 Å². The Labute approximate surface area is 145 Å². The van der Waals surface area contributed by atoms with Gasteiger partial charge in [-0.3, -0.25) is 5.10 Å². The van der Waals surface area contributed by atoms with Crippen LogP contribution in [-0.2, 0) is 10.0 Å². The molecule has 0 aromatic carbocycles. The predicted octanol–water partition coefficient (Wildman–Crippen LogP) is 2.32. The van der Waals surface area contributed by atoms with E-state index in [2.05, 4.69) is 20.4 Å². The smallest absolute Gasteiger partial charge is 0.246 e. The Morgan fingerprint density at radius 2 is 1.62 bits per heavy atom. The van der Waals surface area contributed by atoms with E-state index >= 15 is 0 Å². The fourth-order valence-corrected chi connectivity index (χ4v) is 6.28. The van der Waals surface area contributed by atoms with E-state index in [1.807, 2.05) is 0 Å². The quantitative estimate of drug-likeness (QED) is 0.895. The average molecular weight is 368 g/mol. The molecule has 7 nitrogen and oxygen atoms in total. The van der Waals surface area contributed by atoms with E-state index in [9.17, 15) is 8.42 Å². The third-order valence-corrected chi connectivity index (χ3v) is 8.26. The van der Waals surface area contributed by atoms with E-state index in [1.54, 1.807) is 29.5 Å². The molecule has 3 heterocycles. The Morgan fingerprint density at radius 1 is 1.04 bits per heavy atom.